The van der Waals surface area contributed by atoms with Gasteiger partial charge in [0.2, 0.25) is 0 Å². The molecule has 71 valence electrons. The summed E-state index contributed by atoms with van der Waals surface area (Å²) in [6, 6.07) is 0. The Bertz CT molecular complexity index is 91.2. The minimum absolute atomic E-state index is 1.03. The van der Waals surface area contributed by atoms with E-state index >= 15 is 0 Å². The van der Waals surface area contributed by atoms with E-state index in [-0.39, 0.29) is 0 Å². The van der Waals surface area contributed by atoms with Crippen LogP contribution in [0.4, 0.5) is 0 Å². The number of rotatable bonds is 1. The highest BCUT2D eigenvalue weighted by Gasteiger charge is 2.07. The molecular formula is C11H22P. The van der Waals surface area contributed by atoms with Gasteiger partial charge in [0.05, 0.1) is 0 Å². The maximum Gasteiger partial charge on any atom is -0.0173 e. The lowest BCUT2D eigenvalue weighted by molar-refractivity contribution is 0.510. The molecule has 0 saturated heterocycles. The van der Waals surface area contributed by atoms with Gasteiger partial charge in [0.1, 0.15) is 0 Å². The van der Waals surface area contributed by atoms with E-state index in [1.165, 1.54) is 57.8 Å². The van der Waals surface area contributed by atoms with E-state index in [4.69, 9.17) is 0 Å². The van der Waals surface area contributed by atoms with Gasteiger partial charge in [-0.3, -0.25) is 0 Å². The van der Waals surface area contributed by atoms with Crippen molar-refractivity contribution in [2.24, 2.45) is 0 Å². The van der Waals surface area contributed by atoms with Gasteiger partial charge in [0, 0.05) is 0 Å². The van der Waals surface area contributed by atoms with Crippen LogP contribution in [0.1, 0.15) is 57.8 Å². The van der Waals surface area contributed by atoms with Crippen molar-refractivity contribution in [3.8, 4) is 0 Å². The zero-order valence-electron chi connectivity index (χ0n) is 8.39. The van der Waals surface area contributed by atoms with E-state index in [1.54, 1.807) is 8.58 Å². The number of hydrogen-bond donors (Lipinski definition) is 0. The molecule has 0 spiro atoms. The van der Waals surface area contributed by atoms with Crippen LogP contribution in [0.2, 0.25) is 0 Å². The van der Waals surface area contributed by atoms with Crippen molar-refractivity contribution >= 4 is 8.58 Å². The second kappa shape index (κ2) is 6.89. The SMILES string of the molecule is C[P]C1CCCCCCCCC1. The van der Waals surface area contributed by atoms with Gasteiger partial charge >= 0.3 is 0 Å². The van der Waals surface area contributed by atoms with E-state index in [1.807, 2.05) is 0 Å². The van der Waals surface area contributed by atoms with Gasteiger partial charge in [-0.15, -0.1) is 0 Å². The normalized spacial score (nSPS) is 24.8. The molecule has 0 unspecified atom stereocenters. The molecule has 12 heavy (non-hydrogen) atoms. The summed E-state index contributed by atoms with van der Waals surface area (Å²) in [5.41, 5.74) is 1.03. The first kappa shape index (κ1) is 10.5. The highest BCUT2D eigenvalue weighted by atomic mass is 31.1. The third-order valence-electron chi connectivity index (χ3n) is 2.94. The minimum Gasteiger partial charge on any atom is -0.0810 e. The predicted molar refractivity (Wildman–Crippen MR) is 58.2 cm³/mol. The van der Waals surface area contributed by atoms with Crippen LogP contribution in [0.15, 0.2) is 0 Å². The van der Waals surface area contributed by atoms with Gasteiger partial charge in [-0.05, 0) is 25.2 Å². The van der Waals surface area contributed by atoms with Gasteiger partial charge in [-0.25, -0.2) is 0 Å². The standard InChI is InChI=1S/C11H22P/c1-12-11-9-7-5-3-2-4-6-8-10-11/h11H,2-10H2,1H3. The van der Waals surface area contributed by atoms with Crippen molar-refractivity contribution in [3.05, 3.63) is 0 Å². The second-order valence-electron chi connectivity index (χ2n) is 3.96. The molecule has 1 saturated carbocycles. The lowest BCUT2D eigenvalue weighted by Gasteiger charge is -2.15. The third-order valence-corrected chi connectivity index (χ3v) is 4.19. The van der Waals surface area contributed by atoms with E-state index in [0.717, 1.165) is 5.66 Å². The Morgan fingerprint density at radius 3 is 1.58 bits per heavy atom. The maximum absolute atomic E-state index is 2.33. The fourth-order valence-electron chi connectivity index (χ4n) is 2.05. The summed E-state index contributed by atoms with van der Waals surface area (Å²) in [5.74, 6) is 0. The minimum atomic E-state index is 1.03. The second-order valence-corrected chi connectivity index (χ2v) is 5.21. The first-order valence-corrected chi connectivity index (χ1v) is 6.93. The van der Waals surface area contributed by atoms with E-state index in [9.17, 15) is 0 Å². The smallest absolute Gasteiger partial charge is 0.0173 e. The predicted octanol–water partition coefficient (Wildman–Crippen LogP) is 4.46. The van der Waals surface area contributed by atoms with Gasteiger partial charge in [0.25, 0.3) is 0 Å². The molecule has 0 heterocycles. The maximum atomic E-state index is 2.33. The molecule has 1 rings (SSSR count). The summed E-state index contributed by atoms with van der Waals surface area (Å²) >= 11 is 0. The van der Waals surface area contributed by atoms with Crippen molar-refractivity contribution < 1.29 is 0 Å². The molecule has 0 aliphatic heterocycles. The van der Waals surface area contributed by atoms with Gasteiger partial charge in [-0.2, -0.15) is 0 Å². The number of hydrogen-bond acceptors (Lipinski definition) is 0. The zero-order chi connectivity index (χ0) is 8.65. The van der Waals surface area contributed by atoms with Crippen molar-refractivity contribution in [1.82, 2.24) is 0 Å². The van der Waals surface area contributed by atoms with Crippen molar-refractivity contribution in [1.29, 1.82) is 0 Å². The fourth-order valence-corrected chi connectivity index (χ4v) is 2.93. The van der Waals surface area contributed by atoms with Crippen LogP contribution < -0.4 is 0 Å². The first-order chi connectivity index (χ1) is 5.93. The summed E-state index contributed by atoms with van der Waals surface area (Å²) in [6.07, 6.45) is 13.4. The molecule has 1 heteroatoms. The quantitative estimate of drug-likeness (QED) is 0.529. The fraction of sp³-hybridized carbons (Fsp3) is 1.00. The van der Waals surface area contributed by atoms with Crippen LogP contribution >= 0.6 is 8.58 Å². The average molecular weight is 185 g/mol. The lowest BCUT2D eigenvalue weighted by Crippen LogP contribution is -2.01. The van der Waals surface area contributed by atoms with Crippen LogP contribution in [0, 0.1) is 0 Å². The molecule has 1 fully saturated rings. The Kier molecular flexibility index (Phi) is 6.04. The van der Waals surface area contributed by atoms with Crippen LogP contribution in [0.25, 0.3) is 0 Å². The van der Waals surface area contributed by atoms with Crippen LogP contribution in [-0.4, -0.2) is 12.3 Å². The third kappa shape index (κ3) is 4.45. The molecule has 0 bridgehead atoms. The monoisotopic (exact) mass is 185 g/mol. The summed E-state index contributed by atoms with van der Waals surface area (Å²) in [5, 5.41) is 0. The van der Waals surface area contributed by atoms with E-state index in [2.05, 4.69) is 6.66 Å². The highest BCUT2D eigenvalue weighted by Crippen LogP contribution is 2.27. The Morgan fingerprint density at radius 1 is 0.750 bits per heavy atom. The molecular weight excluding hydrogens is 163 g/mol. The van der Waals surface area contributed by atoms with Gasteiger partial charge in [-0.1, -0.05) is 53.5 Å². The summed E-state index contributed by atoms with van der Waals surface area (Å²) in [6.45, 7) is 2.33. The average Bonchev–Trinajstić information content (AvgIpc) is 2.14. The molecule has 0 nitrogen and oxygen atoms in total. The molecule has 0 aromatic carbocycles. The Labute approximate surface area is 79.3 Å². The molecule has 0 atom stereocenters. The zero-order valence-corrected chi connectivity index (χ0v) is 9.28. The van der Waals surface area contributed by atoms with Gasteiger partial charge < -0.3 is 0 Å². The molecule has 0 amide bonds. The topological polar surface area (TPSA) is 0 Å². The Balaban J connectivity index is 2.17. The molecule has 1 radical (unpaired) electrons. The molecule has 0 aromatic heterocycles. The molecule has 1 aliphatic rings. The Morgan fingerprint density at radius 2 is 1.17 bits per heavy atom. The van der Waals surface area contributed by atoms with Crippen molar-refractivity contribution in [3.63, 3.8) is 0 Å². The summed E-state index contributed by atoms with van der Waals surface area (Å²) in [4.78, 5) is 0. The Hall–Kier alpha value is 0.430. The first-order valence-electron chi connectivity index (χ1n) is 5.52. The van der Waals surface area contributed by atoms with Crippen molar-refractivity contribution in [2.45, 2.75) is 63.4 Å². The molecule has 0 aromatic rings. The molecule has 0 N–H and O–H groups in total. The van der Waals surface area contributed by atoms with Crippen LogP contribution in [-0.2, 0) is 0 Å². The van der Waals surface area contributed by atoms with Crippen molar-refractivity contribution in [2.75, 3.05) is 6.66 Å². The van der Waals surface area contributed by atoms with E-state index < -0.39 is 0 Å². The van der Waals surface area contributed by atoms with Gasteiger partial charge in [0.15, 0.2) is 0 Å². The lowest BCUT2D eigenvalue weighted by atomic mass is 10.0. The summed E-state index contributed by atoms with van der Waals surface area (Å²) in [7, 11) is 1.64. The van der Waals surface area contributed by atoms with Crippen LogP contribution in [0.5, 0.6) is 0 Å². The van der Waals surface area contributed by atoms with Crippen LogP contribution in [0.3, 0.4) is 0 Å². The largest absolute Gasteiger partial charge is 0.0810 e. The van der Waals surface area contributed by atoms with E-state index in [0.29, 0.717) is 0 Å². The summed E-state index contributed by atoms with van der Waals surface area (Å²) < 4.78 is 0. The highest BCUT2D eigenvalue weighted by molar-refractivity contribution is 7.37. The molecule has 1 aliphatic carbocycles.